The number of rotatable bonds is 7. The van der Waals surface area contributed by atoms with Crippen molar-refractivity contribution in [2.45, 2.75) is 20.5 Å². The lowest BCUT2D eigenvalue weighted by molar-refractivity contribution is 0.102. The second-order valence-corrected chi connectivity index (χ2v) is 8.55. The number of aliphatic hydroxyl groups excluding tert-OH is 1. The van der Waals surface area contributed by atoms with E-state index in [1.54, 1.807) is 24.4 Å². The highest BCUT2D eigenvalue weighted by Crippen LogP contribution is 2.40. The fourth-order valence-corrected chi connectivity index (χ4v) is 3.79. The van der Waals surface area contributed by atoms with Gasteiger partial charge in [0.25, 0.3) is 5.91 Å². The van der Waals surface area contributed by atoms with Crippen LogP contribution in [0.3, 0.4) is 0 Å². The average Bonchev–Trinajstić information content (AvgIpc) is 2.82. The number of carbonyl (C=O) groups is 1. The first-order chi connectivity index (χ1) is 16.0. The summed E-state index contributed by atoms with van der Waals surface area (Å²) in [7, 11) is 0. The Bertz CT molecular complexity index is 1130. The van der Waals surface area contributed by atoms with Crippen LogP contribution in [0, 0.1) is 5.92 Å². The minimum absolute atomic E-state index is 0.137. The van der Waals surface area contributed by atoms with Crippen LogP contribution in [-0.2, 0) is 6.61 Å². The van der Waals surface area contributed by atoms with Crippen molar-refractivity contribution in [1.29, 1.82) is 0 Å². The first-order valence-electron chi connectivity index (χ1n) is 10.8. The van der Waals surface area contributed by atoms with Crippen LogP contribution in [0.4, 0.5) is 17.2 Å². The van der Waals surface area contributed by atoms with Crippen molar-refractivity contribution >= 4 is 34.7 Å². The Balaban J connectivity index is 1.55. The van der Waals surface area contributed by atoms with Gasteiger partial charge in [0, 0.05) is 11.9 Å². The van der Waals surface area contributed by atoms with Gasteiger partial charge in [-0.05, 0) is 53.9 Å². The third-order valence-corrected chi connectivity index (χ3v) is 5.38. The summed E-state index contributed by atoms with van der Waals surface area (Å²) in [6.45, 7) is 5.58. The number of fused-ring (bicyclic) bond motifs is 1. The summed E-state index contributed by atoms with van der Waals surface area (Å²) in [5.41, 5.74) is 2.41. The summed E-state index contributed by atoms with van der Waals surface area (Å²) < 4.78 is 11.6. The van der Waals surface area contributed by atoms with E-state index in [0.29, 0.717) is 64.8 Å². The number of anilines is 3. The minimum atomic E-state index is -0.278. The Morgan fingerprint density at radius 2 is 2.06 bits per heavy atom. The van der Waals surface area contributed by atoms with Gasteiger partial charge in [-0.2, -0.15) is 0 Å². The van der Waals surface area contributed by atoms with Crippen molar-refractivity contribution in [3.05, 3.63) is 70.9 Å². The lowest BCUT2D eigenvalue weighted by Gasteiger charge is -2.32. The van der Waals surface area contributed by atoms with E-state index in [1.165, 1.54) is 0 Å². The Labute approximate surface area is 197 Å². The molecule has 0 saturated carbocycles. The maximum Gasteiger partial charge on any atom is 0.259 e. The van der Waals surface area contributed by atoms with Crippen LogP contribution < -0.4 is 19.7 Å². The number of halogens is 1. The van der Waals surface area contributed by atoms with Crippen molar-refractivity contribution in [1.82, 2.24) is 4.98 Å². The number of pyridine rings is 1. The second kappa shape index (κ2) is 10.1. The summed E-state index contributed by atoms with van der Waals surface area (Å²) in [6, 6.07) is 14.4. The third-order valence-electron chi connectivity index (χ3n) is 5.10. The topological polar surface area (TPSA) is 83.9 Å². The van der Waals surface area contributed by atoms with E-state index in [1.807, 2.05) is 35.2 Å². The first-order valence-corrected chi connectivity index (χ1v) is 11.2. The molecule has 3 aromatic rings. The summed E-state index contributed by atoms with van der Waals surface area (Å²) in [5.74, 6) is 1.94. The number of carbonyl (C=O) groups excluding carboxylic acids is 1. The van der Waals surface area contributed by atoms with E-state index in [4.69, 9.17) is 21.1 Å². The van der Waals surface area contributed by atoms with Crippen LogP contribution in [0.1, 0.15) is 29.8 Å². The number of hydrogen-bond donors (Lipinski definition) is 2. The molecule has 1 aliphatic rings. The number of hydrogen-bond acceptors (Lipinski definition) is 6. The van der Waals surface area contributed by atoms with E-state index in [-0.39, 0.29) is 12.5 Å². The quantitative estimate of drug-likeness (QED) is 0.506. The lowest BCUT2D eigenvalue weighted by Crippen LogP contribution is -2.31. The summed E-state index contributed by atoms with van der Waals surface area (Å²) in [5, 5.41) is 12.7. The van der Waals surface area contributed by atoms with Crippen LogP contribution in [0.15, 0.2) is 54.7 Å². The zero-order chi connectivity index (χ0) is 23.4. The molecule has 0 bridgehead atoms. The number of amides is 1. The molecule has 1 amide bonds. The highest BCUT2D eigenvalue weighted by atomic mass is 35.5. The highest BCUT2D eigenvalue weighted by molar-refractivity contribution is 6.33. The van der Waals surface area contributed by atoms with E-state index >= 15 is 0 Å². The van der Waals surface area contributed by atoms with Gasteiger partial charge in [-0.1, -0.05) is 31.5 Å². The number of aromatic nitrogens is 1. The van der Waals surface area contributed by atoms with E-state index in [0.717, 1.165) is 5.75 Å². The molecular formula is C25H26ClN3O4. The maximum atomic E-state index is 13.1. The Hall–Kier alpha value is -3.29. The van der Waals surface area contributed by atoms with Gasteiger partial charge in [0.15, 0.2) is 11.6 Å². The van der Waals surface area contributed by atoms with Gasteiger partial charge in [-0.25, -0.2) is 4.98 Å². The largest absolute Gasteiger partial charge is 0.493 e. The SMILES string of the molecule is CC(C)COc1ccc(NC(=O)c2cccc3c2OCCN3c2ncc(CO)cc2Cl)cc1. The molecule has 2 heterocycles. The van der Waals surface area contributed by atoms with Crippen LogP contribution >= 0.6 is 11.6 Å². The molecule has 1 aromatic heterocycles. The molecule has 0 atom stereocenters. The van der Waals surface area contributed by atoms with Crippen molar-refractivity contribution in [2.24, 2.45) is 5.92 Å². The predicted octanol–water partition coefficient (Wildman–Crippen LogP) is 5.04. The van der Waals surface area contributed by atoms with Crippen molar-refractivity contribution in [3.8, 4) is 11.5 Å². The molecular weight excluding hydrogens is 442 g/mol. The van der Waals surface area contributed by atoms with Crippen molar-refractivity contribution < 1.29 is 19.4 Å². The molecule has 172 valence electrons. The monoisotopic (exact) mass is 467 g/mol. The fraction of sp³-hybridized carbons (Fsp3) is 0.280. The van der Waals surface area contributed by atoms with Gasteiger partial charge in [0.05, 0.1) is 36.0 Å². The molecule has 0 unspecified atom stereocenters. The Morgan fingerprint density at radius 1 is 1.27 bits per heavy atom. The van der Waals surface area contributed by atoms with Crippen LogP contribution in [0.25, 0.3) is 0 Å². The van der Waals surface area contributed by atoms with Gasteiger partial charge in [-0.15, -0.1) is 0 Å². The first kappa shape index (κ1) is 22.9. The van der Waals surface area contributed by atoms with Crippen LogP contribution in [0.2, 0.25) is 5.02 Å². The molecule has 0 saturated heterocycles. The van der Waals surface area contributed by atoms with Gasteiger partial charge >= 0.3 is 0 Å². The number of ether oxygens (including phenoxy) is 2. The molecule has 2 aromatic carbocycles. The number of para-hydroxylation sites is 1. The van der Waals surface area contributed by atoms with Crippen LogP contribution in [-0.4, -0.2) is 35.8 Å². The van der Waals surface area contributed by atoms with Gasteiger partial charge < -0.3 is 24.8 Å². The summed E-state index contributed by atoms with van der Waals surface area (Å²) in [4.78, 5) is 19.4. The Kier molecular flexibility index (Phi) is 7.01. The smallest absolute Gasteiger partial charge is 0.259 e. The zero-order valence-corrected chi connectivity index (χ0v) is 19.3. The second-order valence-electron chi connectivity index (χ2n) is 8.14. The maximum absolute atomic E-state index is 13.1. The number of aliphatic hydroxyl groups is 1. The predicted molar refractivity (Wildman–Crippen MR) is 129 cm³/mol. The molecule has 4 rings (SSSR count). The van der Waals surface area contributed by atoms with Crippen molar-refractivity contribution in [3.63, 3.8) is 0 Å². The molecule has 0 spiro atoms. The molecule has 0 fully saturated rings. The molecule has 0 radical (unpaired) electrons. The summed E-state index contributed by atoms with van der Waals surface area (Å²) >= 11 is 6.42. The van der Waals surface area contributed by atoms with E-state index in [2.05, 4.69) is 24.1 Å². The Morgan fingerprint density at radius 3 is 2.76 bits per heavy atom. The molecule has 2 N–H and O–H groups in total. The van der Waals surface area contributed by atoms with E-state index < -0.39 is 0 Å². The van der Waals surface area contributed by atoms with E-state index in [9.17, 15) is 9.90 Å². The molecule has 33 heavy (non-hydrogen) atoms. The van der Waals surface area contributed by atoms with Gasteiger partial charge in [0.1, 0.15) is 12.4 Å². The standard InChI is InChI=1S/C25H26ClN3O4/c1-16(2)15-33-19-8-6-18(7-9-19)28-25(31)20-4-3-5-22-23(20)32-11-10-29(22)24-21(26)12-17(14-30)13-27-24/h3-9,12-13,16,30H,10-11,14-15H2,1-2H3,(H,28,31). The third kappa shape index (κ3) is 5.21. The zero-order valence-electron chi connectivity index (χ0n) is 18.5. The molecule has 7 nitrogen and oxygen atoms in total. The molecule has 0 aliphatic carbocycles. The molecule has 8 heteroatoms. The van der Waals surface area contributed by atoms with Crippen molar-refractivity contribution in [2.75, 3.05) is 30.0 Å². The number of nitrogens with one attached hydrogen (secondary N) is 1. The normalized spacial score (nSPS) is 12.8. The minimum Gasteiger partial charge on any atom is -0.493 e. The summed E-state index contributed by atoms with van der Waals surface area (Å²) in [6.07, 6.45) is 1.58. The fourth-order valence-electron chi connectivity index (χ4n) is 3.50. The average molecular weight is 468 g/mol. The lowest BCUT2D eigenvalue weighted by atomic mass is 10.1. The van der Waals surface area contributed by atoms with Gasteiger partial charge in [-0.3, -0.25) is 4.79 Å². The number of benzene rings is 2. The number of nitrogens with zero attached hydrogens (tertiary/aromatic N) is 2. The van der Waals surface area contributed by atoms with Gasteiger partial charge in [0.2, 0.25) is 0 Å². The highest BCUT2D eigenvalue weighted by Gasteiger charge is 2.27. The van der Waals surface area contributed by atoms with Crippen LogP contribution in [0.5, 0.6) is 11.5 Å². The molecule has 1 aliphatic heterocycles.